The number of rotatable bonds is 1. The van der Waals surface area contributed by atoms with Gasteiger partial charge in [0, 0.05) is 18.4 Å². The summed E-state index contributed by atoms with van der Waals surface area (Å²) >= 11 is 0. The lowest BCUT2D eigenvalue weighted by molar-refractivity contribution is -0.0323. The molecule has 5 heteroatoms. The van der Waals surface area contributed by atoms with Crippen LogP contribution in [0.5, 0.6) is 5.75 Å². The Morgan fingerprint density at radius 1 is 1.53 bits per heavy atom. The van der Waals surface area contributed by atoms with Crippen molar-refractivity contribution in [3.63, 3.8) is 0 Å². The quantitative estimate of drug-likeness (QED) is 0.568. The molecule has 2 rings (SSSR count). The van der Waals surface area contributed by atoms with Crippen LogP contribution in [0.15, 0.2) is 18.2 Å². The Hall–Kier alpha value is -1.75. The number of nitrogens with two attached hydrogens (primary N) is 1. The Morgan fingerprint density at radius 2 is 2.29 bits per heavy atom. The van der Waals surface area contributed by atoms with E-state index < -0.39 is 11.9 Å². The maximum atomic E-state index is 11.1. The molecule has 0 aliphatic heterocycles. The molecule has 0 saturated carbocycles. The number of carbonyl (C=O) groups excluding carboxylic acids is 1. The van der Waals surface area contributed by atoms with Crippen LogP contribution in [0.3, 0.4) is 0 Å². The third-order valence-electron chi connectivity index (χ3n) is 3.00. The van der Waals surface area contributed by atoms with Crippen LogP contribution < -0.4 is 5.73 Å². The second-order valence-corrected chi connectivity index (χ2v) is 4.21. The minimum Gasteiger partial charge on any atom is -0.508 e. The standard InChI is InChI=1S/C12H15NO4/c1-16-11(15)17-12(13)6-5-8-3-2-4-10(14)9(8)7-12/h2-4,14H,5-7,13H2,1H3/t12-/m1/s1. The molecule has 0 bridgehead atoms. The highest BCUT2D eigenvalue weighted by Crippen LogP contribution is 2.33. The van der Waals surface area contributed by atoms with Crippen LogP contribution in [0, 0.1) is 0 Å². The van der Waals surface area contributed by atoms with Gasteiger partial charge in [-0.15, -0.1) is 0 Å². The van der Waals surface area contributed by atoms with E-state index in [0.717, 1.165) is 11.1 Å². The third-order valence-corrected chi connectivity index (χ3v) is 3.00. The van der Waals surface area contributed by atoms with Crippen molar-refractivity contribution in [1.29, 1.82) is 0 Å². The fraction of sp³-hybridized carbons (Fsp3) is 0.417. The van der Waals surface area contributed by atoms with Crippen molar-refractivity contribution in [3.05, 3.63) is 29.3 Å². The molecule has 0 spiro atoms. The molecule has 1 aromatic rings. The van der Waals surface area contributed by atoms with Crippen molar-refractivity contribution in [2.75, 3.05) is 7.11 Å². The van der Waals surface area contributed by atoms with Gasteiger partial charge >= 0.3 is 6.16 Å². The number of ether oxygens (including phenoxy) is 2. The highest BCUT2D eigenvalue weighted by molar-refractivity contribution is 5.60. The Morgan fingerprint density at radius 3 is 3.00 bits per heavy atom. The van der Waals surface area contributed by atoms with E-state index in [-0.39, 0.29) is 5.75 Å². The minimum absolute atomic E-state index is 0.186. The molecule has 0 aromatic heterocycles. The van der Waals surface area contributed by atoms with E-state index in [9.17, 15) is 9.90 Å². The number of benzene rings is 1. The highest BCUT2D eigenvalue weighted by Gasteiger charge is 2.35. The molecule has 3 N–H and O–H groups in total. The van der Waals surface area contributed by atoms with Gasteiger partial charge in [-0.2, -0.15) is 0 Å². The third kappa shape index (κ3) is 2.34. The van der Waals surface area contributed by atoms with E-state index in [1.54, 1.807) is 12.1 Å². The van der Waals surface area contributed by atoms with Gasteiger partial charge in [0.05, 0.1) is 7.11 Å². The van der Waals surface area contributed by atoms with Gasteiger partial charge in [0.2, 0.25) is 0 Å². The summed E-state index contributed by atoms with van der Waals surface area (Å²) in [5.41, 5.74) is 6.67. The summed E-state index contributed by atoms with van der Waals surface area (Å²) in [6.45, 7) is 0. The van der Waals surface area contributed by atoms with E-state index in [2.05, 4.69) is 4.74 Å². The summed E-state index contributed by atoms with van der Waals surface area (Å²) in [7, 11) is 1.24. The molecule has 0 heterocycles. The van der Waals surface area contributed by atoms with Crippen molar-refractivity contribution in [2.24, 2.45) is 5.73 Å². The number of hydrogen-bond acceptors (Lipinski definition) is 5. The van der Waals surface area contributed by atoms with Gasteiger partial charge in [-0.05, 0) is 18.1 Å². The second kappa shape index (κ2) is 4.25. The highest BCUT2D eigenvalue weighted by atomic mass is 16.7. The number of aromatic hydroxyl groups is 1. The summed E-state index contributed by atoms with van der Waals surface area (Å²) in [6.07, 6.45) is 0.672. The fourth-order valence-electron chi connectivity index (χ4n) is 2.09. The van der Waals surface area contributed by atoms with Gasteiger partial charge in [-0.1, -0.05) is 12.1 Å². The van der Waals surface area contributed by atoms with Crippen molar-refractivity contribution in [1.82, 2.24) is 0 Å². The molecule has 5 nitrogen and oxygen atoms in total. The zero-order valence-electron chi connectivity index (χ0n) is 9.60. The summed E-state index contributed by atoms with van der Waals surface area (Å²) in [5, 5.41) is 9.75. The number of methoxy groups -OCH3 is 1. The van der Waals surface area contributed by atoms with Gasteiger partial charge in [0.15, 0.2) is 5.72 Å². The number of aryl methyl sites for hydroxylation is 1. The number of fused-ring (bicyclic) bond motifs is 1. The minimum atomic E-state index is -1.10. The lowest BCUT2D eigenvalue weighted by Gasteiger charge is -2.33. The van der Waals surface area contributed by atoms with Crippen molar-refractivity contribution < 1.29 is 19.4 Å². The summed E-state index contributed by atoms with van der Waals surface area (Å²) in [6, 6.07) is 5.33. The van der Waals surface area contributed by atoms with Gasteiger partial charge in [0.1, 0.15) is 5.75 Å². The van der Waals surface area contributed by atoms with Crippen molar-refractivity contribution in [2.45, 2.75) is 25.0 Å². The van der Waals surface area contributed by atoms with Gasteiger partial charge < -0.3 is 14.6 Å². The van der Waals surface area contributed by atoms with Crippen LogP contribution in [-0.4, -0.2) is 24.1 Å². The maximum Gasteiger partial charge on any atom is 0.509 e. The molecule has 17 heavy (non-hydrogen) atoms. The first kappa shape index (κ1) is 11.7. The lowest BCUT2D eigenvalue weighted by Crippen LogP contribution is -2.49. The number of carbonyl (C=O) groups is 1. The fourth-order valence-corrected chi connectivity index (χ4v) is 2.09. The zero-order chi connectivity index (χ0) is 12.5. The van der Waals surface area contributed by atoms with Crippen LogP contribution in [0.4, 0.5) is 4.79 Å². The Balaban J connectivity index is 2.22. The smallest absolute Gasteiger partial charge is 0.508 e. The topological polar surface area (TPSA) is 81.8 Å². The van der Waals surface area contributed by atoms with Gasteiger partial charge in [-0.3, -0.25) is 5.73 Å². The van der Waals surface area contributed by atoms with Crippen LogP contribution in [-0.2, 0) is 22.3 Å². The number of phenols is 1. The van der Waals surface area contributed by atoms with E-state index in [1.807, 2.05) is 6.07 Å². The molecule has 0 fully saturated rings. The van der Waals surface area contributed by atoms with Crippen molar-refractivity contribution >= 4 is 6.16 Å². The SMILES string of the molecule is COC(=O)O[C@]1(N)CCc2cccc(O)c2C1. The maximum absolute atomic E-state index is 11.1. The largest absolute Gasteiger partial charge is 0.509 e. The van der Waals surface area contributed by atoms with Crippen LogP contribution in [0.1, 0.15) is 17.5 Å². The monoisotopic (exact) mass is 237 g/mol. The first-order valence-electron chi connectivity index (χ1n) is 5.40. The Labute approximate surface area is 99.1 Å². The van der Waals surface area contributed by atoms with Gasteiger partial charge in [-0.25, -0.2) is 4.79 Å². The van der Waals surface area contributed by atoms with Crippen LogP contribution in [0.2, 0.25) is 0 Å². The molecule has 1 atom stereocenters. The summed E-state index contributed by atoms with van der Waals surface area (Å²) < 4.78 is 9.48. The predicted octanol–water partition coefficient (Wildman–Crippen LogP) is 1.32. The molecule has 0 unspecified atom stereocenters. The van der Waals surface area contributed by atoms with E-state index >= 15 is 0 Å². The second-order valence-electron chi connectivity index (χ2n) is 4.21. The number of hydrogen-bond donors (Lipinski definition) is 2. The number of phenolic OH excluding ortho intramolecular Hbond substituents is 1. The first-order chi connectivity index (χ1) is 8.04. The molecule has 1 aromatic carbocycles. The molecular formula is C12H15NO4. The molecular weight excluding hydrogens is 222 g/mol. The average Bonchev–Trinajstić information content (AvgIpc) is 2.30. The van der Waals surface area contributed by atoms with E-state index in [0.29, 0.717) is 19.3 Å². The lowest BCUT2D eigenvalue weighted by atomic mass is 9.85. The van der Waals surface area contributed by atoms with Gasteiger partial charge in [0.25, 0.3) is 0 Å². The molecule has 0 saturated heterocycles. The Kier molecular flexibility index (Phi) is 2.93. The molecule has 1 aliphatic rings. The average molecular weight is 237 g/mol. The Bertz CT molecular complexity index is 446. The molecule has 0 amide bonds. The molecule has 92 valence electrons. The van der Waals surface area contributed by atoms with E-state index in [1.165, 1.54) is 7.11 Å². The first-order valence-corrected chi connectivity index (χ1v) is 5.40. The summed E-state index contributed by atoms with van der Waals surface area (Å²) in [4.78, 5) is 11.1. The van der Waals surface area contributed by atoms with Crippen LogP contribution >= 0.6 is 0 Å². The predicted molar refractivity (Wildman–Crippen MR) is 60.5 cm³/mol. The van der Waals surface area contributed by atoms with Crippen molar-refractivity contribution in [3.8, 4) is 5.75 Å². The summed E-state index contributed by atoms with van der Waals surface area (Å²) in [5.74, 6) is 0.186. The van der Waals surface area contributed by atoms with Crippen LogP contribution in [0.25, 0.3) is 0 Å². The molecule has 0 radical (unpaired) electrons. The zero-order valence-corrected chi connectivity index (χ0v) is 9.60. The molecule has 1 aliphatic carbocycles. The normalized spacial score (nSPS) is 22.7. The van der Waals surface area contributed by atoms with E-state index in [4.69, 9.17) is 10.5 Å².